The van der Waals surface area contributed by atoms with Gasteiger partial charge in [-0.1, -0.05) is 23.2 Å². The lowest BCUT2D eigenvalue weighted by Crippen LogP contribution is -2.19. The van der Waals surface area contributed by atoms with Gasteiger partial charge in [0.2, 0.25) is 0 Å². The highest BCUT2D eigenvalue weighted by Crippen LogP contribution is 2.36. The van der Waals surface area contributed by atoms with Crippen LogP contribution in [0, 0.1) is 6.92 Å². The zero-order valence-corrected chi connectivity index (χ0v) is 19.7. The second kappa shape index (κ2) is 9.17. The molecule has 0 spiro atoms. The molecule has 0 radical (unpaired) electrons. The van der Waals surface area contributed by atoms with Gasteiger partial charge < -0.3 is 14.8 Å². The van der Waals surface area contributed by atoms with Crippen LogP contribution in [0.3, 0.4) is 0 Å². The Morgan fingerprint density at radius 2 is 2.06 bits per heavy atom. The summed E-state index contributed by atoms with van der Waals surface area (Å²) < 4.78 is 11.6. The van der Waals surface area contributed by atoms with Gasteiger partial charge in [-0.05, 0) is 50.6 Å². The van der Waals surface area contributed by atoms with Crippen molar-refractivity contribution in [2.75, 3.05) is 18.5 Å². The van der Waals surface area contributed by atoms with Gasteiger partial charge in [-0.2, -0.15) is 5.10 Å². The van der Waals surface area contributed by atoms with E-state index in [0.29, 0.717) is 34.1 Å². The van der Waals surface area contributed by atoms with E-state index in [4.69, 9.17) is 32.7 Å². The lowest BCUT2D eigenvalue weighted by Gasteiger charge is -2.18. The van der Waals surface area contributed by atoms with Crippen LogP contribution in [0.1, 0.15) is 30.7 Å². The molecule has 2 atom stereocenters. The molecule has 4 aromatic rings. The van der Waals surface area contributed by atoms with Crippen molar-refractivity contribution in [3.05, 3.63) is 64.0 Å². The van der Waals surface area contributed by atoms with Crippen LogP contribution < -0.4 is 10.1 Å². The van der Waals surface area contributed by atoms with Crippen LogP contribution in [0.25, 0.3) is 22.2 Å². The highest BCUT2D eigenvalue weighted by atomic mass is 35.5. The van der Waals surface area contributed by atoms with Gasteiger partial charge in [0.15, 0.2) is 0 Å². The molecule has 1 aliphatic heterocycles. The minimum Gasteiger partial charge on any atom is -0.486 e. The second-order valence-corrected chi connectivity index (χ2v) is 8.88. The number of fused-ring (bicyclic) bond motifs is 1. The quantitative estimate of drug-likeness (QED) is 0.351. The summed E-state index contributed by atoms with van der Waals surface area (Å²) in [6.45, 7) is 5.26. The third-order valence-electron chi connectivity index (χ3n) is 5.76. The first-order valence-electron chi connectivity index (χ1n) is 10.8. The molecule has 1 aliphatic rings. The van der Waals surface area contributed by atoms with Crippen LogP contribution in [0.5, 0.6) is 5.75 Å². The van der Waals surface area contributed by atoms with Crippen LogP contribution in [0.15, 0.2) is 42.7 Å². The Bertz CT molecular complexity index is 1290. The summed E-state index contributed by atoms with van der Waals surface area (Å²) in [5.74, 6) is 1.51. The van der Waals surface area contributed by atoms with Gasteiger partial charge in [0.25, 0.3) is 0 Å². The number of hydrogen-bond acceptors (Lipinski definition) is 6. The van der Waals surface area contributed by atoms with Crippen molar-refractivity contribution < 1.29 is 9.47 Å². The average molecular weight is 484 g/mol. The molecule has 7 nitrogen and oxygen atoms in total. The zero-order valence-electron chi connectivity index (χ0n) is 18.2. The molecule has 2 N–H and O–H groups in total. The maximum atomic E-state index is 6.45. The average Bonchev–Trinajstić information content (AvgIpc) is 3.47. The molecular formula is C24H23Cl2N5O2. The number of anilines is 1. The standard InChI is InChI=1S/C24H23Cl2N5O2/c1-13-23(26)22(19(25)11-27-13)14(2)33-17-4-5-20-18(9-17)24(31-30-20)15-3-6-21(28-10-15)29-16-7-8-32-12-16/h3-6,9-11,14,16H,7-8,12H2,1-2H3,(H,28,29)(H,30,31)/t14-,16-/m1/s1. The van der Waals surface area contributed by atoms with Crippen molar-refractivity contribution in [2.45, 2.75) is 32.4 Å². The Balaban J connectivity index is 1.39. The summed E-state index contributed by atoms with van der Waals surface area (Å²) in [6, 6.07) is 10.1. The van der Waals surface area contributed by atoms with E-state index in [1.807, 2.05) is 50.4 Å². The van der Waals surface area contributed by atoms with Gasteiger partial charge in [0.1, 0.15) is 23.4 Å². The molecule has 0 unspecified atom stereocenters. The van der Waals surface area contributed by atoms with Gasteiger partial charge in [0, 0.05) is 35.5 Å². The van der Waals surface area contributed by atoms with E-state index in [1.165, 1.54) is 0 Å². The van der Waals surface area contributed by atoms with Crippen LogP contribution in [0.2, 0.25) is 10.0 Å². The number of aromatic amines is 1. The highest BCUT2D eigenvalue weighted by molar-refractivity contribution is 6.36. The molecule has 3 aromatic heterocycles. The summed E-state index contributed by atoms with van der Waals surface area (Å²) >= 11 is 12.8. The highest BCUT2D eigenvalue weighted by Gasteiger charge is 2.19. The molecule has 9 heteroatoms. The predicted molar refractivity (Wildman–Crippen MR) is 130 cm³/mol. The van der Waals surface area contributed by atoms with Gasteiger partial charge in [0.05, 0.1) is 33.9 Å². The van der Waals surface area contributed by atoms with E-state index in [0.717, 1.165) is 46.6 Å². The first kappa shape index (κ1) is 21.9. The molecule has 1 aromatic carbocycles. The Hall–Kier alpha value is -2.87. The van der Waals surface area contributed by atoms with E-state index >= 15 is 0 Å². The minimum absolute atomic E-state index is 0.308. The topological polar surface area (TPSA) is 85.0 Å². The van der Waals surface area contributed by atoms with Crippen LogP contribution in [-0.4, -0.2) is 39.4 Å². The van der Waals surface area contributed by atoms with Crippen LogP contribution in [-0.2, 0) is 4.74 Å². The fourth-order valence-electron chi connectivity index (χ4n) is 3.98. The van der Waals surface area contributed by atoms with Crippen LogP contribution in [0.4, 0.5) is 5.82 Å². The monoisotopic (exact) mass is 483 g/mol. The molecule has 4 heterocycles. The van der Waals surface area contributed by atoms with Crippen molar-refractivity contribution in [2.24, 2.45) is 0 Å². The molecule has 1 fully saturated rings. The number of benzene rings is 1. The Labute approximate surface area is 201 Å². The van der Waals surface area contributed by atoms with Gasteiger partial charge in [-0.25, -0.2) is 4.98 Å². The van der Waals surface area contributed by atoms with Crippen molar-refractivity contribution in [1.29, 1.82) is 0 Å². The van der Waals surface area contributed by atoms with Gasteiger partial charge in [-0.3, -0.25) is 10.1 Å². The van der Waals surface area contributed by atoms with Crippen molar-refractivity contribution >= 4 is 39.9 Å². The lowest BCUT2D eigenvalue weighted by molar-refractivity contribution is 0.195. The number of H-pyrrole nitrogens is 1. The molecule has 33 heavy (non-hydrogen) atoms. The number of hydrogen-bond donors (Lipinski definition) is 2. The molecular weight excluding hydrogens is 461 g/mol. The minimum atomic E-state index is -0.355. The Morgan fingerprint density at radius 3 is 2.82 bits per heavy atom. The molecule has 0 aliphatic carbocycles. The third-order valence-corrected chi connectivity index (χ3v) is 6.53. The molecule has 5 rings (SSSR count). The van der Waals surface area contributed by atoms with E-state index in [9.17, 15) is 0 Å². The molecule has 0 amide bonds. The van der Waals surface area contributed by atoms with E-state index in [1.54, 1.807) is 6.20 Å². The fraction of sp³-hybridized carbons (Fsp3) is 0.292. The first-order valence-corrected chi connectivity index (χ1v) is 11.5. The number of nitrogens with zero attached hydrogens (tertiary/aromatic N) is 3. The van der Waals surface area contributed by atoms with E-state index in [-0.39, 0.29) is 6.10 Å². The Morgan fingerprint density at radius 1 is 1.18 bits per heavy atom. The lowest BCUT2D eigenvalue weighted by atomic mass is 10.1. The molecule has 0 saturated carbocycles. The number of ether oxygens (including phenoxy) is 2. The fourth-order valence-corrected chi connectivity index (χ4v) is 4.63. The molecule has 170 valence electrons. The largest absolute Gasteiger partial charge is 0.486 e. The SMILES string of the molecule is Cc1ncc(Cl)c([C@@H](C)Oc2ccc3[nH]nc(-c4ccc(N[C@@H]5CCOC5)nc4)c3c2)c1Cl. The molecule has 0 bridgehead atoms. The summed E-state index contributed by atoms with van der Waals surface area (Å²) in [4.78, 5) is 8.75. The van der Waals surface area contributed by atoms with Crippen LogP contribution >= 0.6 is 23.2 Å². The van der Waals surface area contributed by atoms with Crippen molar-refractivity contribution in [3.8, 4) is 17.0 Å². The third kappa shape index (κ3) is 4.49. The number of aromatic nitrogens is 4. The summed E-state index contributed by atoms with van der Waals surface area (Å²) in [6.07, 6.45) is 4.06. The summed E-state index contributed by atoms with van der Waals surface area (Å²) in [7, 11) is 0. The summed E-state index contributed by atoms with van der Waals surface area (Å²) in [5, 5.41) is 12.9. The predicted octanol–water partition coefficient (Wildman–Crippen LogP) is 5.98. The molecule has 1 saturated heterocycles. The van der Waals surface area contributed by atoms with E-state index in [2.05, 4.69) is 25.5 Å². The summed E-state index contributed by atoms with van der Waals surface area (Å²) in [5.41, 5.74) is 4.06. The maximum Gasteiger partial charge on any atom is 0.126 e. The maximum absolute atomic E-state index is 6.45. The Kier molecular flexibility index (Phi) is 6.10. The number of halogens is 2. The van der Waals surface area contributed by atoms with Gasteiger partial charge in [-0.15, -0.1) is 0 Å². The number of aryl methyl sites for hydroxylation is 1. The van der Waals surface area contributed by atoms with E-state index < -0.39 is 0 Å². The smallest absolute Gasteiger partial charge is 0.126 e. The normalized spacial score (nSPS) is 16.8. The van der Waals surface area contributed by atoms with Crippen molar-refractivity contribution in [1.82, 2.24) is 20.2 Å². The van der Waals surface area contributed by atoms with Crippen molar-refractivity contribution in [3.63, 3.8) is 0 Å². The first-order chi connectivity index (χ1) is 16.0. The zero-order chi connectivity index (χ0) is 22.9. The number of pyridine rings is 2. The number of nitrogens with one attached hydrogen (secondary N) is 2. The second-order valence-electron chi connectivity index (χ2n) is 8.10. The van der Waals surface area contributed by atoms with Gasteiger partial charge >= 0.3 is 0 Å². The number of rotatable bonds is 6.